The first-order chi connectivity index (χ1) is 10.2. The predicted octanol–water partition coefficient (Wildman–Crippen LogP) is 3.56. The molecule has 1 fully saturated rings. The molecular weight excluding hydrogens is 258 g/mol. The average Bonchev–Trinajstić information content (AvgIpc) is 3.23. The third-order valence-electron chi connectivity index (χ3n) is 4.29. The first kappa shape index (κ1) is 14.3. The quantitative estimate of drug-likeness (QED) is 0.878. The molecule has 1 N–H and O–H groups in total. The van der Waals surface area contributed by atoms with E-state index in [1.54, 1.807) is 0 Å². The summed E-state index contributed by atoms with van der Waals surface area (Å²) in [5.41, 5.74) is 6.38. The summed E-state index contributed by atoms with van der Waals surface area (Å²) in [4.78, 5) is 0. The molecular formula is C18H25N3. The van der Waals surface area contributed by atoms with Gasteiger partial charge in [-0.05, 0) is 61.9 Å². The maximum absolute atomic E-state index is 4.73. The molecule has 21 heavy (non-hydrogen) atoms. The van der Waals surface area contributed by atoms with Crippen LogP contribution in [0.1, 0.15) is 49.2 Å². The van der Waals surface area contributed by atoms with E-state index in [2.05, 4.69) is 55.0 Å². The zero-order valence-electron chi connectivity index (χ0n) is 13.3. The van der Waals surface area contributed by atoms with Crippen LogP contribution in [0.15, 0.2) is 24.3 Å². The van der Waals surface area contributed by atoms with Crippen molar-refractivity contribution < 1.29 is 0 Å². The Morgan fingerprint density at radius 1 is 1.19 bits per heavy atom. The lowest BCUT2D eigenvalue weighted by molar-refractivity contribution is 0.684. The third-order valence-corrected chi connectivity index (χ3v) is 4.29. The van der Waals surface area contributed by atoms with Gasteiger partial charge in [-0.1, -0.05) is 19.9 Å². The van der Waals surface area contributed by atoms with Crippen molar-refractivity contribution >= 4 is 0 Å². The third kappa shape index (κ3) is 3.18. The zero-order chi connectivity index (χ0) is 14.8. The van der Waals surface area contributed by atoms with E-state index in [-0.39, 0.29) is 0 Å². The van der Waals surface area contributed by atoms with Crippen LogP contribution < -0.4 is 5.32 Å². The molecule has 1 aromatic carbocycles. The van der Waals surface area contributed by atoms with Gasteiger partial charge in [-0.2, -0.15) is 5.10 Å². The lowest BCUT2D eigenvalue weighted by Gasteiger charge is -2.11. The minimum absolute atomic E-state index is 0.758. The summed E-state index contributed by atoms with van der Waals surface area (Å²) in [5, 5.41) is 8.31. The van der Waals surface area contributed by atoms with Crippen molar-refractivity contribution in [3.8, 4) is 5.69 Å². The SMILES string of the molecule is CCc1cc(CC)n(-c2ccc(CNC3CC3)c(C)c2)n1. The van der Waals surface area contributed by atoms with Gasteiger partial charge >= 0.3 is 0 Å². The van der Waals surface area contributed by atoms with Gasteiger partial charge in [0.25, 0.3) is 0 Å². The topological polar surface area (TPSA) is 29.9 Å². The van der Waals surface area contributed by atoms with Crippen LogP contribution in [0.25, 0.3) is 5.69 Å². The largest absolute Gasteiger partial charge is 0.310 e. The van der Waals surface area contributed by atoms with Crippen LogP contribution in [0, 0.1) is 6.92 Å². The fourth-order valence-corrected chi connectivity index (χ4v) is 2.68. The second-order valence-electron chi connectivity index (χ2n) is 6.01. The van der Waals surface area contributed by atoms with Crippen molar-refractivity contribution in [2.45, 2.75) is 59.0 Å². The molecule has 1 aliphatic carbocycles. The Morgan fingerprint density at radius 3 is 2.62 bits per heavy atom. The Kier molecular flexibility index (Phi) is 4.11. The van der Waals surface area contributed by atoms with E-state index < -0.39 is 0 Å². The molecule has 1 saturated carbocycles. The van der Waals surface area contributed by atoms with Crippen LogP contribution in [0.4, 0.5) is 0 Å². The molecule has 3 heteroatoms. The smallest absolute Gasteiger partial charge is 0.0651 e. The van der Waals surface area contributed by atoms with Crippen LogP contribution in [0.3, 0.4) is 0 Å². The molecule has 0 saturated heterocycles. The van der Waals surface area contributed by atoms with Gasteiger partial charge in [-0.15, -0.1) is 0 Å². The van der Waals surface area contributed by atoms with Crippen molar-refractivity contribution in [3.63, 3.8) is 0 Å². The minimum atomic E-state index is 0.758. The molecule has 0 atom stereocenters. The Hall–Kier alpha value is -1.61. The van der Waals surface area contributed by atoms with E-state index in [1.165, 1.54) is 41.0 Å². The van der Waals surface area contributed by atoms with E-state index in [4.69, 9.17) is 5.10 Å². The highest BCUT2D eigenvalue weighted by Crippen LogP contribution is 2.21. The van der Waals surface area contributed by atoms with Gasteiger partial charge in [0, 0.05) is 18.3 Å². The number of benzene rings is 1. The highest BCUT2D eigenvalue weighted by Gasteiger charge is 2.20. The molecule has 2 aromatic rings. The second kappa shape index (κ2) is 6.02. The molecule has 0 spiro atoms. The molecule has 1 aromatic heterocycles. The summed E-state index contributed by atoms with van der Waals surface area (Å²) in [7, 11) is 0. The molecule has 0 radical (unpaired) electrons. The van der Waals surface area contributed by atoms with Crippen molar-refractivity contribution in [1.29, 1.82) is 0 Å². The number of aromatic nitrogens is 2. The van der Waals surface area contributed by atoms with Gasteiger partial charge in [0.05, 0.1) is 11.4 Å². The molecule has 3 rings (SSSR count). The minimum Gasteiger partial charge on any atom is -0.310 e. The van der Waals surface area contributed by atoms with Crippen molar-refractivity contribution in [3.05, 3.63) is 46.8 Å². The van der Waals surface area contributed by atoms with E-state index in [1.807, 2.05) is 0 Å². The van der Waals surface area contributed by atoms with Crippen molar-refractivity contribution in [2.75, 3.05) is 0 Å². The zero-order valence-corrected chi connectivity index (χ0v) is 13.3. The highest BCUT2D eigenvalue weighted by molar-refractivity contribution is 5.41. The maximum atomic E-state index is 4.73. The number of nitrogens with one attached hydrogen (secondary N) is 1. The van der Waals surface area contributed by atoms with E-state index in [9.17, 15) is 0 Å². The van der Waals surface area contributed by atoms with Gasteiger partial charge < -0.3 is 5.32 Å². The van der Waals surface area contributed by atoms with E-state index in [0.717, 1.165) is 25.4 Å². The molecule has 1 heterocycles. The molecule has 0 amide bonds. The molecule has 0 aliphatic heterocycles. The number of rotatable bonds is 6. The Bertz CT molecular complexity index is 623. The Balaban J connectivity index is 1.84. The number of aryl methyl sites for hydroxylation is 3. The van der Waals surface area contributed by atoms with E-state index >= 15 is 0 Å². The first-order valence-electron chi connectivity index (χ1n) is 8.12. The van der Waals surface area contributed by atoms with Gasteiger partial charge in [0.15, 0.2) is 0 Å². The van der Waals surface area contributed by atoms with Gasteiger partial charge in [0.2, 0.25) is 0 Å². The first-order valence-corrected chi connectivity index (χ1v) is 8.12. The maximum Gasteiger partial charge on any atom is 0.0651 e. The van der Waals surface area contributed by atoms with Crippen LogP contribution in [0.2, 0.25) is 0 Å². The molecule has 112 valence electrons. The molecule has 3 nitrogen and oxygen atoms in total. The Morgan fingerprint density at radius 2 is 2.00 bits per heavy atom. The van der Waals surface area contributed by atoms with Gasteiger partial charge in [-0.3, -0.25) is 0 Å². The van der Waals surface area contributed by atoms with Crippen molar-refractivity contribution in [2.24, 2.45) is 0 Å². The average molecular weight is 283 g/mol. The summed E-state index contributed by atoms with van der Waals surface area (Å²) in [5.74, 6) is 0. The standard InChI is InChI=1S/C18H25N3/c1-4-15-11-17(5-2)21(20-15)18-9-6-14(13(3)10-18)12-19-16-7-8-16/h6,9-11,16,19H,4-5,7-8,12H2,1-3H3. The van der Waals surface area contributed by atoms with Crippen molar-refractivity contribution in [1.82, 2.24) is 15.1 Å². The predicted molar refractivity (Wildman–Crippen MR) is 86.9 cm³/mol. The van der Waals surface area contributed by atoms with Gasteiger partial charge in [0.1, 0.15) is 0 Å². The van der Waals surface area contributed by atoms with Crippen LogP contribution in [0.5, 0.6) is 0 Å². The fourth-order valence-electron chi connectivity index (χ4n) is 2.68. The number of hydrogen-bond donors (Lipinski definition) is 1. The van der Waals surface area contributed by atoms with Crippen LogP contribution in [-0.2, 0) is 19.4 Å². The number of hydrogen-bond acceptors (Lipinski definition) is 2. The number of nitrogens with zero attached hydrogens (tertiary/aromatic N) is 2. The molecule has 0 unspecified atom stereocenters. The summed E-state index contributed by atoms with van der Waals surface area (Å²) in [6.07, 6.45) is 4.67. The van der Waals surface area contributed by atoms with Crippen LogP contribution >= 0.6 is 0 Å². The monoisotopic (exact) mass is 283 g/mol. The van der Waals surface area contributed by atoms with Crippen LogP contribution in [-0.4, -0.2) is 15.8 Å². The normalized spacial score (nSPS) is 14.6. The summed E-state index contributed by atoms with van der Waals surface area (Å²) >= 11 is 0. The highest BCUT2D eigenvalue weighted by atomic mass is 15.3. The Labute approximate surface area is 127 Å². The molecule has 0 bridgehead atoms. The summed E-state index contributed by atoms with van der Waals surface area (Å²) in [6, 6.07) is 9.68. The molecule has 1 aliphatic rings. The fraction of sp³-hybridized carbons (Fsp3) is 0.500. The summed E-state index contributed by atoms with van der Waals surface area (Å²) in [6.45, 7) is 7.53. The second-order valence-corrected chi connectivity index (χ2v) is 6.01. The van der Waals surface area contributed by atoms with Gasteiger partial charge in [-0.25, -0.2) is 4.68 Å². The summed E-state index contributed by atoms with van der Waals surface area (Å²) < 4.78 is 2.10. The lowest BCUT2D eigenvalue weighted by Crippen LogP contribution is -2.16. The van der Waals surface area contributed by atoms with E-state index in [0.29, 0.717) is 0 Å². The lowest BCUT2D eigenvalue weighted by atomic mass is 10.1.